The van der Waals surface area contributed by atoms with Gasteiger partial charge in [0.1, 0.15) is 17.8 Å². The van der Waals surface area contributed by atoms with E-state index >= 15 is 0 Å². The van der Waals surface area contributed by atoms with Crippen LogP contribution in [0.15, 0.2) is 72.8 Å². The third-order valence-electron chi connectivity index (χ3n) is 10.6. The predicted octanol–water partition coefficient (Wildman–Crippen LogP) is 2.75. The van der Waals surface area contributed by atoms with Crippen LogP contribution in [0.3, 0.4) is 0 Å². The molecule has 0 aliphatic rings. The van der Waals surface area contributed by atoms with Crippen LogP contribution in [0.2, 0.25) is 0 Å². The highest BCUT2D eigenvalue weighted by Crippen LogP contribution is 2.30. The molecular formula is C46H67N9O13S2. The van der Waals surface area contributed by atoms with Gasteiger partial charge in [0.05, 0.1) is 44.5 Å². The molecule has 0 aliphatic carbocycles. The molecule has 0 spiro atoms. The molecule has 7 N–H and O–H groups in total. The van der Waals surface area contributed by atoms with E-state index in [1.165, 1.54) is 0 Å². The Morgan fingerprint density at radius 2 is 1.30 bits per heavy atom. The first kappa shape index (κ1) is 57.1. The summed E-state index contributed by atoms with van der Waals surface area (Å²) in [6.07, 6.45) is 5.37. The Balaban J connectivity index is 0.989. The van der Waals surface area contributed by atoms with Gasteiger partial charge in [0, 0.05) is 56.3 Å². The first-order chi connectivity index (χ1) is 33.4. The molecule has 2 aromatic carbocycles. The monoisotopic (exact) mass is 1020 g/mol. The minimum absolute atomic E-state index is 0.0207. The summed E-state index contributed by atoms with van der Waals surface area (Å²) < 4.78 is 87.1. The number of unbranched alkanes of at least 4 members (excludes halogenated alkanes) is 2. The fraction of sp³-hybridized carbons (Fsp3) is 0.543. The number of pyridine rings is 1. The Hall–Kier alpha value is -5.47. The maximum absolute atomic E-state index is 12.4. The molecule has 0 fully saturated rings. The fourth-order valence-electron chi connectivity index (χ4n) is 6.99. The number of carbonyl (C=O) groups is 3. The van der Waals surface area contributed by atoms with E-state index in [1.54, 1.807) is 0 Å². The van der Waals surface area contributed by atoms with Crippen molar-refractivity contribution in [3.8, 4) is 28.3 Å². The van der Waals surface area contributed by atoms with Crippen LogP contribution in [-0.2, 0) is 60.8 Å². The van der Waals surface area contributed by atoms with Crippen molar-refractivity contribution in [3.05, 3.63) is 78.6 Å². The first-order valence-corrected chi connectivity index (χ1v) is 26.4. The number of carbonyl (C=O) groups excluding carboxylic acids is 3. The Labute approximate surface area is 409 Å². The third kappa shape index (κ3) is 22.5. The van der Waals surface area contributed by atoms with Gasteiger partial charge in [-0.3, -0.25) is 23.5 Å². The van der Waals surface area contributed by atoms with Crippen LogP contribution in [0, 0.1) is 0 Å². The highest BCUT2D eigenvalue weighted by atomic mass is 32.2. The zero-order valence-corrected chi connectivity index (χ0v) is 41.4. The summed E-state index contributed by atoms with van der Waals surface area (Å²) in [6, 6.07) is 20.8. The number of amides is 3. The molecule has 70 heavy (non-hydrogen) atoms. The number of hydrogen-bond acceptors (Lipinski definition) is 16. The maximum Gasteiger partial charge on any atom is 0.267 e. The van der Waals surface area contributed by atoms with E-state index in [2.05, 4.69) is 58.2 Å². The van der Waals surface area contributed by atoms with Gasteiger partial charge < -0.3 is 40.6 Å². The minimum Gasteiger partial charge on any atom is -0.478 e. The summed E-state index contributed by atoms with van der Waals surface area (Å²) in [5, 5.41) is 19.8. The summed E-state index contributed by atoms with van der Waals surface area (Å²) in [4.78, 5) is 41.8. The van der Waals surface area contributed by atoms with Crippen LogP contribution in [0.5, 0.6) is 5.88 Å². The summed E-state index contributed by atoms with van der Waals surface area (Å²) in [7, 11) is -9.34. The van der Waals surface area contributed by atoms with Gasteiger partial charge in [0.25, 0.3) is 20.2 Å². The molecule has 0 aliphatic heterocycles. The Bertz CT molecular complexity index is 2370. The molecule has 2 heterocycles. The number of nitrogens with two attached hydrogens (primary N) is 1. The average molecular weight is 1020 g/mol. The number of rotatable bonds is 35. The zero-order chi connectivity index (χ0) is 50.8. The second kappa shape index (κ2) is 29.7. The van der Waals surface area contributed by atoms with Crippen molar-refractivity contribution in [2.75, 3.05) is 70.8 Å². The maximum atomic E-state index is 12.4. The van der Waals surface area contributed by atoms with Crippen LogP contribution in [0.1, 0.15) is 71.0 Å². The summed E-state index contributed by atoms with van der Waals surface area (Å²) in [6.45, 7) is 7.78. The normalized spacial score (nSPS) is 12.8. The molecule has 0 bridgehead atoms. The van der Waals surface area contributed by atoms with Crippen molar-refractivity contribution >= 4 is 38.0 Å². The van der Waals surface area contributed by atoms with Gasteiger partial charge in [-0.1, -0.05) is 74.5 Å². The molecule has 4 rings (SSSR count). The van der Waals surface area contributed by atoms with Crippen LogP contribution < -0.4 is 26.4 Å². The van der Waals surface area contributed by atoms with Gasteiger partial charge in [0.2, 0.25) is 23.6 Å². The average Bonchev–Trinajstić information content (AvgIpc) is 3.80. The molecule has 2 aromatic heterocycles. The number of aryl methyl sites for hydroxylation is 1. The molecular weight excluding hydrogens is 951 g/mol. The number of nitrogens with zero attached hydrogens (tertiary/aromatic N) is 5. The van der Waals surface area contributed by atoms with E-state index in [0.29, 0.717) is 71.1 Å². The van der Waals surface area contributed by atoms with Crippen LogP contribution >= 0.6 is 0 Å². The molecule has 22 nitrogen and oxygen atoms in total. The van der Waals surface area contributed by atoms with E-state index in [4.69, 9.17) is 38.8 Å². The van der Waals surface area contributed by atoms with Crippen LogP contribution in [0.25, 0.3) is 22.4 Å². The highest BCUT2D eigenvalue weighted by molar-refractivity contribution is 7.86. The Kier molecular flexibility index (Phi) is 24.2. The van der Waals surface area contributed by atoms with E-state index in [1.807, 2.05) is 64.6 Å². The lowest BCUT2D eigenvalue weighted by atomic mass is 9.86. The standard InChI is InChI=1S/C46H67N9O13S2/c1-46(2,20-10-12-26-68-42-32-37(35-15-5-3-6-16-35)31-39(50-42)36-17-7-4-8-18-36)45-52-53-54-55(45)23-11-9-19-41(56)48-21-13-24-65-27-29-67-30-28-66-25-14-22-49-44(58)40(34-70(62,63)64)51-43(57)38(47)33-69(59,60)61/h3-8,15-18,31-32,38,40H,9-14,19-30,33-34,47H2,1-2H3,(H,48,56)(H,49,58)(H,51,57)(H,59,60,61)(H,62,63,64)/t38-,40-/m0/s1. The molecule has 24 heteroatoms. The lowest BCUT2D eigenvalue weighted by molar-refractivity contribution is -0.128. The lowest BCUT2D eigenvalue weighted by Gasteiger charge is -2.23. The summed E-state index contributed by atoms with van der Waals surface area (Å²) in [5.74, 6) is -3.17. The molecule has 0 saturated carbocycles. The fourth-order valence-corrected chi connectivity index (χ4v) is 8.26. The smallest absolute Gasteiger partial charge is 0.267 e. The largest absolute Gasteiger partial charge is 0.478 e. The van der Waals surface area contributed by atoms with E-state index in [9.17, 15) is 31.2 Å². The van der Waals surface area contributed by atoms with Crippen molar-refractivity contribution in [1.82, 2.24) is 41.1 Å². The zero-order valence-electron chi connectivity index (χ0n) is 39.7. The number of tetrazole rings is 1. The Morgan fingerprint density at radius 3 is 1.93 bits per heavy atom. The number of aromatic nitrogens is 5. The summed E-state index contributed by atoms with van der Waals surface area (Å²) in [5.41, 5.74) is 9.15. The Morgan fingerprint density at radius 1 is 0.700 bits per heavy atom. The lowest BCUT2D eigenvalue weighted by Crippen LogP contribution is -2.55. The third-order valence-corrected chi connectivity index (χ3v) is 12.2. The van der Waals surface area contributed by atoms with Crippen molar-refractivity contribution in [2.24, 2.45) is 5.73 Å². The highest BCUT2D eigenvalue weighted by Gasteiger charge is 2.30. The SMILES string of the molecule is CC(C)(CCCCOc1cc(-c2ccccc2)cc(-c2ccccc2)n1)c1nnnn1CCCCC(=O)NCCCOCCOCCOCCCNC(=O)[C@H](CS(=O)(=O)O)NC(=O)[C@@H](N)CS(=O)(=O)O. The second-order valence-electron chi connectivity index (χ2n) is 17.0. The van der Waals surface area contributed by atoms with Gasteiger partial charge in [-0.25, -0.2) is 9.67 Å². The molecule has 3 amide bonds. The minimum atomic E-state index is -4.72. The quantitative estimate of drug-likeness (QED) is 0.0285. The van der Waals surface area contributed by atoms with E-state index in [0.717, 1.165) is 53.9 Å². The van der Waals surface area contributed by atoms with Crippen LogP contribution in [-0.4, -0.2) is 152 Å². The van der Waals surface area contributed by atoms with Crippen molar-refractivity contribution in [1.29, 1.82) is 0 Å². The predicted molar refractivity (Wildman–Crippen MR) is 260 cm³/mol. The van der Waals surface area contributed by atoms with Gasteiger partial charge in [-0.2, -0.15) is 16.8 Å². The van der Waals surface area contributed by atoms with Gasteiger partial charge >= 0.3 is 0 Å². The van der Waals surface area contributed by atoms with Crippen LogP contribution in [0.4, 0.5) is 0 Å². The number of nitrogens with one attached hydrogen (secondary N) is 3. The van der Waals surface area contributed by atoms with Gasteiger partial charge in [-0.05, 0) is 72.6 Å². The van der Waals surface area contributed by atoms with Crippen molar-refractivity contribution < 1.29 is 59.3 Å². The number of ether oxygens (including phenoxy) is 4. The van der Waals surface area contributed by atoms with Gasteiger partial charge in [0.15, 0.2) is 5.82 Å². The van der Waals surface area contributed by atoms with E-state index in [-0.39, 0.29) is 37.7 Å². The van der Waals surface area contributed by atoms with Crippen molar-refractivity contribution in [2.45, 2.75) is 89.3 Å². The summed E-state index contributed by atoms with van der Waals surface area (Å²) >= 11 is 0. The molecule has 0 unspecified atom stereocenters. The first-order valence-electron chi connectivity index (χ1n) is 23.2. The van der Waals surface area contributed by atoms with Gasteiger partial charge in [-0.15, -0.1) is 5.10 Å². The molecule has 0 saturated heterocycles. The topological polar surface area (TPSA) is 315 Å². The molecule has 4 aromatic rings. The number of benzene rings is 2. The van der Waals surface area contributed by atoms with Crippen molar-refractivity contribution in [3.63, 3.8) is 0 Å². The molecule has 386 valence electrons. The second-order valence-corrected chi connectivity index (χ2v) is 20.0. The molecule has 0 radical (unpaired) electrons. The van der Waals surface area contributed by atoms with E-state index < -0.39 is 55.6 Å². The number of hydrogen-bond donors (Lipinski definition) is 6. The molecule has 2 atom stereocenters.